The maximum Gasteiger partial charge on any atom is 0.325 e. The standard InChI is InChI=1S/C14H18N2O4/c1-10(14(19)20)16-12(17)7-8-15-13(18)9-11-5-3-2-4-6-11/h2-6,10H,7-9H2,1H3,(H,15,18)(H,16,17)(H,19,20)/t10-/m0/s1. The van der Waals surface area contributed by atoms with Gasteiger partial charge in [0.1, 0.15) is 6.04 Å². The van der Waals surface area contributed by atoms with Gasteiger partial charge in [-0.25, -0.2) is 0 Å². The first kappa shape index (κ1) is 15.7. The highest BCUT2D eigenvalue weighted by Crippen LogP contribution is 1.99. The zero-order valence-corrected chi connectivity index (χ0v) is 11.3. The zero-order chi connectivity index (χ0) is 15.0. The number of rotatable bonds is 7. The molecule has 3 N–H and O–H groups in total. The molecule has 2 amide bonds. The van der Waals surface area contributed by atoms with Crippen molar-refractivity contribution in [3.63, 3.8) is 0 Å². The highest BCUT2D eigenvalue weighted by molar-refractivity contribution is 5.84. The van der Waals surface area contributed by atoms with Crippen LogP contribution in [0.4, 0.5) is 0 Å². The van der Waals surface area contributed by atoms with E-state index in [1.165, 1.54) is 6.92 Å². The van der Waals surface area contributed by atoms with Crippen molar-refractivity contribution in [2.45, 2.75) is 25.8 Å². The van der Waals surface area contributed by atoms with Gasteiger partial charge in [0, 0.05) is 13.0 Å². The lowest BCUT2D eigenvalue weighted by atomic mass is 10.1. The summed E-state index contributed by atoms with van der Waals surface area (Å²) in [6.45, 7) is 1.57. The summed E-state index contributed by atoms with van der Waals surface area (Å²) in [5.41, 5.74) is 0.897. The number of carbonyl (C=O) groups excluding carboxylic acids is 2. The Morgan fingerprint density at radius 3 is 2.40 bits per heavy atom. The number of aliphatic carboxylic acids is 1. The van der Waals surface area contributed by atoms with Crippen LogP contribution in [-0.4, -0.2) is 35.5 Å². The molecule has 108 valence electrons. The van der Waals surface area contributed by atoms with Crippen molar-refractivity contribution in [2.24, 2.45) is 0 Å². The van der Waals surface area contributed by atoms with E-state index < -0.39 is 17.9 Å². The molecule has 1 aromatic carbocycles. The number of amides is 2. The summed E-state index contributed by atoms with van der Waals surface area (Å²) in [7, 11) is 0. The third-order valence-electron chi connectivity index (χ3n) is 2.63. The van der Waals surface area contributed by atoms with E-state index in [0.717, 1.165) is 5.56 Å². The van der Waals surface area contributed by atoms with Gasteiger partial charge in [-0.05, 0) is 12.5 Å². The zero-order valence-electron chi connectivity index (χ0n) is 11.3. The van der Waals surface area contributed by atoms with E-state index in [-0.39, 0.29) is 25.3 Å². The SMILES string of the molecule is C[C@H](NC(=O)CCNC(=O)Cc1ccccc1)C(=O)O. The van der Waals surface area contributed by atoms with E-state index in [0.29, 0.717) is 0 Å². The van der Waals surface area contributed by atoms with Crippen molar-refractivity contribution >= 4 is 17.8 Å². The van der Waals surface area contributed by atoms with Gasteiger partial charge in [-0.2, -0.15) is 0 Å². The molecule has 0 radical (unpaired) electrons. The largest absolute Gasteiger partial charge is 0.480 e. The molecule has 0 aromatic heterocycles. The van der Waals surface area contributed by atoms with Crippen LogP contribution >= 0.6 is 0 Å². The summed E-state index contributed by atoms with van der Waals surface area (Å²) in [6.07, 6.45) is 0.312. The van der Waals surface area contributed by atoms with Crippen molar-refractivity contribution in [1.29, 1.82) is 0 Å². The first-order valence-corrected chi connectivity index (χ1v) is 6.32. The predicted molar refractivity (Wildman–Crippen MR) is 73.0 cm³/mol. The average molecular weight is 278 g/mol. The van der Waals surface area contributed by atoms with Crippen LogP contribution in [0.25, 0.3) is 0 Å². The van der Waals surface area contributed by atoms with Gasteiger partial charge in [0.25, 0.3) is 0 Å². The third kappa shape index (κ3) is 5.99. The monoisotopic (exact) mass is 278 g/mol. The minimum Gasteiger partial charge on any atom is -0.480 e. The van der Waals surface area contributed by atoms with Gasteiger partial charge in [-0.15, -0.1) is 0 Å². The fourth-order valence-electron chi connectivity index (χ4n) is 1.53. The molecule has 0 saturated heterocycles. The van der Waals surface area contributed by atoms with E-state index in [1.807, 2.05) is 30.3 Å². The number of nitrogens with one attached hydrogen (secondary N) is 2. The molecule has 6 heteroatoms. The Kier molecular flexibility index (Phi) is 6.22. The van der Waals surface area contributed by atoms with Crippen LogP contribution < -0.4 is 10.6 Å². The average Bonchev–Trinajstić information content (AvgIpc) is 2.39. The molecule has 1 rings (SSSR count). The van der Waals surface area contributed by atoms with E-state index in [9.17, 15) is 14.4 Å². The van der Waals surface area contributed by atoms with E-state index >= 15 is 0 Å². The molecule has 6 nitrogen and oxygen atoms in total. The molecule has 0 heterocycles. The maximum absolute atomic E-state index is 11.6. The molecule has 1 aromatic rings. The molecule has 0 spiro atoms. The molecule has 0 aliphatic heterocycles. The summed E-state index contributed by atoms with van der Waals surface area (Å²) in [5, 5.41) is 13.6. The summed E-state index contributed by atoms with van der Waals surface area (Å²) < 4.78 is 0. The molecule has 1 atom stereocenters. The number of carboxylic acids is 1. The van der Waals surface area contributed by atoms with E-state index in [1.54, 1.807) is 0 Å². The predicted octanol–water partition coefficient (Wildman–Crippen LogP) is 0.325. The second kappa shape index (κ2) is 7.93. The fourth-order valence-corrected chi connectivity index (χ4v) is 1.53. The molecule has 0 saturated carbocycles. The lowest BCUT2D eigenvalue weighted by Gasteiger charge is -2.09. The summed E-state index contributed by atoms with van der Waals surface area (Å²) >= 11 is 0. The number of carbonyl (C=O) groups is 3. The molecular weight excluding hydrogens is 260 g/mol. The Hall–Kier alpha value is -2.37. The Labute approximate surface area is 117 Å². The summed E-state index contributed by atoms with van der Waals surface area (Å²) in [5.74, 6) is -1.67. The quantitative estimate of drug-likeness (QED) is 0.669. The Morgan fingerprint density at radius 2 is 1.80 bits per heavy atom. The van der Waals surface area contributed by atoms with Crippen molar-refractivity contribution < 1.29 is 19.5 Å². The lowest BCUT2D eigenvalue weighted by Crippen LogP contribution is -2.40. The Morgan fingerprint density at radius 1 is 1.15 bits per heavy atom. The first-order valence-electron chi connectivity index (χ1n) is 6.32. The fraction of sp³-hybridized carbons (Fsp3) is 0.357. The lowest BCUT2D eigenvalue weighted by molar-refractivity contribution is -0.141. The minimum absolute atomic E-state index is 0.0537. The minimum atomic E-state index is -1.09. The van der Waals surface area contributed by atoms with Crippen LogP contribution in [-0.2, 0) is 20.8 Å². The van der Waals surface area contributed by atoms with Crippen LogP contribution in [0.3, 0.4) is 0 Å². The van der Waals surface area contributed by atoms with Crippen LogP contribution in [0.5, 0.6) is 0 Å². The van der Waals surface area contributed by atoms with Gasteiger partial charge in [0.05, 0.1) is 6.42 Å². The Bertz CT molecular complexity index is 473. The van der Waals surface area contributed by atoms with Crippen molar-refractivity contribution in [3.05, 3.63) is 35.9 Å². The number of hydrogen-bond acceptors (Lipinski definition) is 3. The van der Waals surface area contributed by atoms with Gasteiger partial charge >= 0.3 is 5.97 Å². The van der Waals surface area contributed by atoms with E-state index in [2.05, 4.69) is 10.6 Å². The highest BCUT2D eigenvalue weighted by Gasteiger charge is 2.13. The molecule has 0 fully saturated rings. The molecule has 0 aliphatic rings. The highest BCUT2D eigenvalue weighted by atomic mass is 16.4. The van der Waals surface area contributed by atoms with Gasteiger partial charge in [-0.1, -0.05) is 30.3 Å². The van der Waals surface area contributed by atoms with Gasteiger partial charge in [-0.3, -0.25) is 14.4 Å². The van der Waals surface area contributed by atoms with Crippen molar-refractivity contribution in [2.75, 3.05) is 6.54 Å². The molecule has 0 aliphatic carbocycles. The normalized spacial score (nSPS) is 11.4. The van der Waals surface area contributed by atoms with Crippen LogP contribution in [0.1, 0.15) is 18.9 Å². The van der Waals surface area contributed by atoms with Gasteiger partial charge in [0.15, 0.2) is 0 Å². The van der Waals surface area contributed by atoms with Gasteiger partial charge < -0.3 is 15.7 Å². The maximum atomic E-state index is 11.6. The van der Waals surface area contributed by atoms with Crippen molar-refractivity contribution in [1.82, 2.24) is 10.6 Å². The second-order valence-corrected chi connectivity index (χ2v) is 4.39. The van der Waals surface area contributed by atoms with E-state index in [4.69, 9.17) is 5.11 Å². The Balaban J connectivity index is 2.22. The third-order valence-corrected chi connectivity index (χ3v) is 2.63. The summed E-state index contributed by atoms with van der Waals surface area (Å²) in [6, 6.07) is 8.34. The number of benzene rings is 1. The van der Waals surface area contributed by atoms with Gasteiger partial charge in [0.2, 0.25) is 11.8 Å². The topological polar surface area (TPSA) is 95.5 Å². The van der Waals surface area contributed by atoms with Crippen LogP contribution in [0, 0.1) is 0 Å². The molecule has 20 heavy (non-hydrogen) atoms. The molecule has 0 unspecified atom stereocenters. The number of carboxylic acid groups (broad SMARTS) is 1. The van der Waals surface area contributed by atoms with Crippen LogP contribution in [0.2, 0.25) is 0 Å². The van der Waals surface area contributed by atoms with Crippen molar-refractivity contribution in [3.8, 4) is 0 Å². The smallest absolute Gasteiger partial charge is 0.325 e. The molecular formula is C14H18N2O4. The van der Waals surface area contributed by atoms with Crippen LogP contribution in [0.15, 0.2) is 30.3 Å². The molecule has 0 bridgehead atoms. The first-order chi connectivity index (χ1) is 9.49. The number of hydrogen-bond donors (Lipinski definition) is 3. The summed E-state index contributed by atoms with van der Waals surface area (Å²) in [4.78, 5) is 33.5. The second-order valence-electron chi connectivity index (χ2n) is 4.39.